The predicted octanol–water partition coefficient (Wildman–Crippen LogP) is 2.52. The lowest BCUT2D eigenvalue weighted by Gasteiger charge is -2.32. The fraction of sp³-hybridized carbons (Fsp3) is 0.571. The molecule has 0 saturated carbocycles. The molecule has 1 fully saturated rings. The van der Waals surface area contributed by atoms with Crippen LogP contribution < -0.4 is 10.2 Å². The van der Waals surface area contributed by atoms with Gasteiger partial charge in [0.05, 0.1) is 11.8 Å². The zero-order chi connectivity index (χ0) is 13.0. The van der Waals surface area contributed by atoms with Crippen LogP contribution in [0.2, 0.25) is 0 Å². The number of aliphatic hydroxyl groups excluding tert-OH is 1. The average Bonchev–Trinajstić information content (AvgIpc) is 2.38. The molecule has 1 aliphatic heterocycles. The molecular formula is C14H21BrN2O. The summed E-state index contributed by atoms with van der Waals surface area (Å²) in [7, 11) is 0. The molecule has 0 amide bonds. The average molecular weight is 313 g/mol. The second-order valence-corrected chi connectivity index (χ2v) is 5.64. The van der Waals surface area contributed by atoms with Gasteiger partial charge >= 0.3 is 0 Å². The lowest BCUT2D eigenvalue weighted by molar-refractivity contribution is 0.145. The highest BCUT2D eigenvalue weighted by molar-refractivity contribution is 9.10. The molecule has 0 spiro atoms. The van der Waals surface area contributed by atoms with Gasteiger partial charge in [0.25, 0.3) is 0 Å². The highest BCUT2D eigenvalue weighted by Gasteiger charge is 2.18. The van der Waals surface area contributed by atoms with E-state index < -0.39 is 0 Å². The molecule has 100 valence electrons. The van der Waals surface area contributed by atoms with Crippen LogP contribution in [0.1, 0.15) is 25.3 Å². The van der Waals surface area contributed by atoms with Gasteiger partial charge in [-0.1, -0.05) is 13.0 Å². The highest BCUT2D eigenvalue weighted by atomic mass is 79.9. The van der Waals surface area contributed by atoms with Crippen molar-refractivity contribution < 1.29 is 5.11 Å². The van der Waals surface area contributed by atoms with E-state index in [9.17, 15) is 5.11 Å². The molecule has 0 bridgehead atoms. The van der Waals surface area contributed by atoms with E-state index in [0.717, 1.165) is 43.5 Å². The second-order valence-electron chi connectivity index (χ2n) is 4.78. The van der Waals surface area contributed by atoms with Gasteiger partial charge in [-0.15, -0.1) is 0 Å². The largest absolute Gasteiger partial charge is 0.393 e. The third-order valence-corrected chi connectivity index (χ3v) is 4.03. The number of rotatable bonds is 4. The van der Waals surface area contributed by atoms with Gasteiger partial charge in [-0.05, 0) is 53.0 Å². The molecule has 1 aromatic rings. The number of hydrogen-bond donors (Lipinski definition) is 2. The van der Waals surface area contributed by atoms with Gasteiger partial charge in [-0.3, -0.25) is 0 Å². The van der Waals surface area contributed by atoms with Gasteiger partial charge in [0, 0.05) is 24.1 Å². The van der Waals surface area contributed by atoms with Crippen LogP contribution in [0.4, 0.5) is 5.69 Å². The molecular weight excluding hydrogens is 292 g/mol. The molecule has 2 rings (SSSR count). The van der Waals surface area contributed by atoms with E-state index in [-0.39, 0.29) is 6.10 Å². The Kier molecular flexibility index (Phi) is 5.03. The Morgan fingerprint density at radius 1 is 1.39 bits per heavy atom. The van der Waals surface area contributed by atoms with Crippen LogP contribution in [0.15, 0.2) is 22.7 Å². The smallest absolute Gasteiger partial charge is 0.0574 e. The van der Waals surface area contributed by atoms with Crippen LogP contribution in [0.25, 0.3) is 0 Å². The number of aliphatic hydroxyl groups is 1. The summed E-state index contributed by atoms with van der Waals surface area (Å²) < 4.78 is 1.15. The SMILES string of the molecule is CCNCc1ccc(N2CCC(O)CC2)c(Br)c1. The van der Waals surface area contributed by atoms with Gasteiger partial charge in [0.1, 0.15) is 0 Å². The normalized spacial score (nSPS) is 17.2. The maximum absolute atomic E-state index is 9.54. The van der Waals surface area contributed by atoms with Crippen LogP contribution >= 0.6 is 15.9 Å². The number of benzene rings is 1. The van der Waals surface area contributed by atoms with E-state index in [1.54, 1.807) is 0 Å². The van der Waals surface area contributed by atoms with Crippen LogP contribution in [0.3, 0.4) is 0 Å². The highest BCUT2D eigenvalue weighted by Crippen LogP contribution is 2.29. The number of piperidine rings is 1. The molecule has 1 aliphatic rings. The first-order valence-corrected chi connectivity index (χ1v) is 7.42. The van der Waals surface area contributed by atoms with Crippen molar-refractivity contribution in [3.8, 4) is 0 Å². The van der Waals surface area contributed by atoms with Crippen LogP contribution in [0, 0.1) is 0 Å². The van der Waals surface area contributed by atoms with Crippen molar-refractivity contribution in [2.24, 2.45) is 0 Å². The molecule has 3 nitrogen and oxygen atoms in total. The van der Waals surface area contributed by atoms with E-state index in [1.807, 2.05) is 0 Å². The summed E-state index contributed by atoms with van der Waals surface area (Å²) in [6.07, 6.45) is 1.62. The molecule has 1 heterocycles. The van der Waals surface area contributed by atoms with Crippen molar-refractivity contribution in [3.63, 3.8) is 0 Å². The fourth-order valence-corrected chi connectivity index (χ4v) is 2.97. The summed E-state index contributed by atoms with van der Waals surface area (Å²) in [5.41, 5.74) is 2.53. The van der Waals surface area contributed by atoms with E-state index in [4.69, 9.17) is 0 Å². The van der Waals surface area contributed by atoms with E-state index in [2.05, 4.69) is 51.3 Å². The quantitative estimate of drug-likeness (QED) is 0.897. The van der Waals surface area contributed by atoms with Gasteiger partial charge < -0.3 is 15.3 Å². The summed E-state index contributed by atoms with van der Waals surface area (Å²) >= 11 is 3.66. The van der Waals surface area contributed by atoms with E-state index in [1.165, 1.54) is 11.3 Å². The lowest BCUT2D eigenvalue weighted by Crippen LogP contribution is -2.36. The van der Waals surface area contributed by atoms with Crippen molar-refractivity contribution in [1.82, 2.24) is 5.32 Å². The Bertz CT molecular complexity index is 389. The molecule has 0 aromatic heterocycles. The van der Waals surface area contributed by atoms with Gasteiger partial charge in [-0.2, -0.15) is 0 Å². The monoisotopic (exact) mass is 312 g/mol. The molecule has 18 heavy (non-hydrogen) atoms. The minimum absolute atomic E-state index is 0.118. The summed E-state index contributed by atoms with van der Waals surface area (Å²) in [5.74, 6) is 0. The first-order chi connectivity index (χ1) is 8.70. The summed E-state index contributed by atoms with van der Waals surface area (Å²) in [6.45, 7) is 5.89. The molecule has 0 radical (unpaired) electrons. The van der Waals surface area contributed by atoms with Crippen molar-refractivity contribution in [1.29, 1.82) is 0 Å². The van der Waals surface area contributed by atoms with Gasteiger partial charge in [0.15, 0.2) is 0 Å². The number of nitrogens with one attached hydrogen (secondary N) is 1. The lowest BCUT2D eigenvalue weighted by atomic mass is 10.1. The second kappa shape index (κ2) is 6.55. The molecule has 4 heteroatoms. The first kappa shape index (κ1) is 13.8. The Labute approximate surface area is 117 Å². The standard InChI is InChI=1S/C14H21BrN2O/c1-2-16-10-11-3-4-14(13(15)9-11)17-7-5-12(18)6-8-17/h3-4,9,12,16,18H,2,5-8,10H2,1H3. The maximum Gasteiger partial charge on any atom is 0.0574 e. The third kappa shape index (κ3) is 3.46. The summed E-state index contributed by atoms with van der Waals surface area (Å²) in [5, 5.41) is 12.9. The number of nitrogens with zero attached hydrogens (tertiary/aromatic N) is 1. The van der Waals surface area contributed by atoms with Crippen molar-refractivity contribution in [2.75, 3.05) is 24.5 Å². The zero-order valence-electron chi connectivity index (χ0n) is 10.8. The van der Waals surface area contributed by atoms with Crippen LogP contribution in [0.5, 0.6) is 0 Å². The molecule has 1 aromatic carbocycles. The fourth-order valence-electron chi connectivity index (χ4n) is 2.29. The molecule has 0 aliphatic carbocycles. The Balaban J connectivity index is 2.05. The van der Waals surface area contributed by atoms with E-state index in [0.29, 0.717) is 0 Å². The number of anilines is 1. The van der Waals surface area contributed by atoms with Crippen molar-refractivity contribution in [3.05, 3.63) is 28.2 Å². The van der Waals surface area contributed by atoms with Gasteiger partial charge in [0.2, 0.25) is 0 Å². The zero-order valence-corrected chi connectivity index (χ0v) is 12.4. The van der Waals surface area contributed by atoms with Crippen molar-refractivity contribution in [2.45, 2.75) is 32.4 Å². The third-order valence-electron chi connectivity index (χ3n) is 3.40. The minimum atomic E-state index is -0.118. The Morgan fingerprint density at radius 2 is 2.11 bits per heavy atom. The Hall–Kier alpha value is -0.580. The van der Waals surface area contributed by atoms with Crippen molar-refractivity contribution >= 4 is 21.6 Å². The Morgan fingerprint density at radius 3 is 2.72 bits per heavy atom. The van der Waals surface area contributed by atoms with Crippen LogP contribution in [-0.4, -0.2) is 30.8 Å². The number of hydrogen-bond acceptors (Lipinski definition) is 3. The maximum atomic E-state index is 9.54. The molecule has 1 saturated heterocycles. The van der Waals surface area contributed by atoms with Crippen LogP contribution in [-0.2, 0) is 6.54 Å². The van der Waals surface area contributed by atoms with Gasteiger partial charge in [-0.25, -0.2) is 0 Å². The number of halogens is 1. The predicted molar refractivity (Wildman–Crippen MR) is 79.0 cm³/mol. The summed E-state index contributed by atoms with van der Waals surface area (Å²) in [6, 6.07) is 6.53. The molecule has 2 N–H and O–H groups in total. The topological polar surface area (TPSA) is 35.5 Å². The van der Waals surface area contributed by atoms with E-state index >= 15 is 0 Å². The minimum Gasteiger partial charge on any atom is -0.393 e. The molecule has 0 atom stereocenters. The molecule has 0 unspecified atom stereocenters. The summed E-state index contributed by atoms with van der Waals surface area (Å²) in [4.78, 5) is 2.34. The first-order valence-electron chi connectivity index (χ1n) is 6.63.